The summed E-state index contributed by atoms with van der Waals surface area (Å²) in [6.07, 6.45) is -4.79. The Morgan fingerprint density at radius 2 is 1.89 bits per heavy atom. The van der Waals surface area contributed by atoms with Gasteiger partial charge in [-0.15, -0.1) is 0 Å². The molecule has 0 N–H and O–H groups in total. The van der Waals surface area contributed by atoms with Crippen LogP contribution >= 0.6 is 11.3 Å². The lowest BCUT2D eigenvalue weighted by molar-refractivity contribution is -0.383. The van der Waals surface area contributed by atoms with E-state index in [2.05, 4.69) is 23.7 Å². The number of piperazine rings is 1. The first-order valence-corrected chi connectivity index (χ1v) is 9.55. The summed E-state index contributed by atoms with van der Waals surface area (Å²) < 4.78 is 39.0. The van der Waals surface area contributed by atoms with Gasteiger partial charge in [0.25, 0.3) is 11.2 Å². The van der Waals surface area contributed by atoms with Gasteiger partial charge in [-0.05, 0) is 12.0 Å². The summed E-state index contributed by atoms with van der Waals surface area (Å²) >= 11 is 0.884. The third-order valence-electron chi connectivity index (χ3n) is 4.48. The smallest absolute Gasteiger partial charge is 0.345 e. The molecule has 0 saturated carbocycles. The van der Waals surface area contributed by atoms with E-state index in [4.69, 9.17) is 0 Å². The molecule has 11 heteroatoms. The molecule has 1 aromatic carbocycles. The number of anilines is 1. The summed E-state index contributed by atoms with van der Waals surface area (Å²) in [4.78, 5) is 30.9. The van der Waals surface area contributed by atoms with Gasteiger partial charge in [-0.2, -0.15) is 18.2 Å². The second-order valence-electron chi connectivity index (χ2n) is 7.11. The van der Waals surface area contributed by atoms with Crippen LogP contribution in [-0.4, -0.2) is 47.5 Å². The van der Waals surface area contributed by atoms with Gasteiger partial charge < -0.3 is 4.90 Å². The van der Waals surface area contributed by atoms with Crippen LogP contribution in [0.3, 0.4) is 0 Å². The SMILES string of the molecule is CC(C)CN1CCN(c2nc(=O)c3cc(C(F)(F)F)cc([N+](=O)[O-])c3s2)CC1. The van der Waals surface area contributed by atoms with Crippen molar-refractivity contribution in [1.29, 1.82) is 0 Å². The predicted molar refractivity (Wildman–Crippen MR) is 101 cm³/mol. The molecule has 0 atom stereocenters. The first-order valence-electron chi connectivity index (χ1n) is 8.74. The molecule has 0 spiro atoms. The maximum Gasteiger partial charge on any atom is 0.416 e. The molecule has 0 aliphatic carbocycles. The van der Waals surface area contributed by atoms with Crippen molar-refractivity contribution < 1.29 is 18.1 Å². The summed E-state index contributed by atoms with van der Waals surface area (Å²) in [6, 6.07) is 1.11. The number of rotatable bonds is 4. The van der Waals surface area contributed by atoms with Crippen molar-refractivity contribution >= 4 is 32.2 Å². The van der Waals surface area contributed by atoms with Crippen LogP contribution in [0.2, 0.25) is 0 Å². The molecule has 2 aromatic rings. The minimum absolute atomic E-state index is 0.0855. The Morgan fingerprint density at radius 3 is 2.43 bits per heavy atom. The van der Waals surface area contributed by atoms with Crippen LogP contribution in [0.25, 0.3) is 10.1 Å². The number of aromatic nitrogens is 1. The van der Waals surface area contributed by atoms with Crippen molar-refractivity contribution in [2.75, 3.05) is 37.6 Å². The highest BCUT2D eigenvalue weighted by atomic mass is 32.1. The molecule has 1 aliphatic heterocycles. The van der Waals surface area contributed by atoms with Gasteiger partial charge in [0.15, 0.2) is 5.13 Å². The second kappa shape index (κ2) is 7.63. The van der Waals surface area contributed by atoms with E-state index in [9.17, 15) is 28.1 Å². The topological polar surface area (TPSA) is 79.6 Å². The van der Waals surface area contributed by atoms with E-state index < -0.39 is 27.9 Å². The molecule has 1 aromatic heterocycles. The van der Waals surface area contributed by atoms with Crippen LogP contribution in [0.1, 0.15) is 19.4 Å². The zero-order valence-corrected chi connectivity index (χ0v) is 16.1. The maximum absolute atomic E-state index is 13.0. The first kappa shape index (κ1) is 20.5. The van der Waals surface area contributed by atoms with Crippen LogP contribution in [0.5, 0.6) is 0 Å². The van der Waals surface area contributed by atoms with E-state index in [1.807, 2.05) is 4.90 Å². The summed E-state index contributed by atoms with van der Waals surface area (Å²) in [5.41, 5.74) is -2.84. The maximum atomic E-state index is 13.0. The Kier molecular flexibility index (Phi) is 5.57. The van der Waals surface area contributed by atoms with Crippen LogP contribution in [-0.2, 0) is 6.18 Å². The van der Waals surface area contributed by atoms with Gasteiger partial charge in [0.2, 0.25) is 0 Å². The molecular formula is C17H19F3N4O3S. The van der Waals surface area contributed by atoms with Gasteiger partial charge in [-0.25, -0.2) is 0 Å². The summed E-state index contributed by atoms with van der Waals surface area (Å²) in [6.45, 7) is 7.89. The average molecular weight is 416 g/mol. The lowest BCUT2D eigenvalue weighted by Gasteiger charge is -2.35. The zero-order valence-electron chi connectivity index (χ0n) is 15.3. The molecule has 7 nitrogen and oxygen atoms in total. The van der Waals surface area contributed by atoms with Gasteiger partial charge >= 0.3 is 6.18 Å². The van der Waals surface area contributed by atoms with Gasteiger partial charge in [0.05, 0.1) is 15.9 Å². The third-order valence-corrected chi connectivity index (χ3v) is 5.65. The molecule has 1 aliphatic rings. The largest absolute Gasteiger partial charge is 0.416 e. The molecule has 152 valence electrons. The number of hydrogen-bond donors (Lipinski definition) is 0. The summed E-state index contributed by atoms with van der Waals surface area (Å²) in [5, 5.41) is 11.3. The number of benzene rings is 1. The third kappa shape index (κ3) is 4.25. The van der Waals surface area contributed by atoms with E-state index >= 15 is 0 Å². The van der Waals surface area contributed by atoms with Crippen LogP contribution in [0, 0.1) is 16.0 Å². The first-order chi connectivity index (χ1) is 13.1. The molecule has 0 unspecified atom stereocenters. The molecule has 0 amide bonds. The van der Waals surface area contributed by atoms with Crippen molar-refractivity contribution in [3.63, 3.8) is 0 Å². The van der Waals surface area contributed by atoms with Crippen LogP contribution in [0.15, 0.2) is 16.9 Å². The number of nitro groups is 1. The summed E-state index contributed by atoms with van der Waals surface area (Å²) in [5.74, 6) is 0.520. The highest BCUT2D eigenvalue weighted by molar-refractivity contribution is 7.22. The van der Waals surface area contributed by atoms with Gasteiger partial charge in [-0.3, -0.25) is 19.8 Å². The van der Waals surface area contributed by atoms with Crippen LogP contribution in [0.4, 0.5) is 24.0 Å². The van der Waals surface area contributed by atoms with Crippen molar-refractivity contribution in [1.82, 2.24) is 9.88 Å². The number of nitro benzene ring substituents is 1. The number of hydrogen-bond acceptors (Lipinski definition) is 7. The summed E-state index contributed by atoms with van der Waals surface area (Å²) in [7, 11) is 0. The normalized spacial score (nSPS) is 16.1. The Balaban J connectivity index is 2.00. The quantitative estimate of drug-likeness (QED) is 0.562. The van der Waals surface area contributed by atoms with Crippen LogP contribution < -0.4 is 10.5 Å². The van der Waals surface area contributed by atoms with Crippen molar-refractivity contribution in [2.24, 2.45) is 5.92 Å². The fraction of sp³-hybridized carbons (Fsp3) is 0.529. The van der Waals surface area contributed by atoms with Crippen molar-refractivity contribution in [3.05, 3.63) is 38.2 Å². The molecule has 0 bridgehead atoms. The van der Waals surface area contributed by atoms with E-state index in [0.717, 1.165) is 31.0 Å². The molecule has 1 fully saturated rings. The number of fused-ring (bicyclic) bond motifs is 1. The van der Waals surface area contributed by atoms with Gasteiger partial charge in [-0.1, -0.05) is 25.2 Å². The molecule has 0 radical (unpaired) electrons. The number of alkyl halides is 3. The minimum Gasteiger partial charge on any atom is -0.345 e. The number of non-ortho nitro benzene ring substituents is 1. The van der Waals surface area contributed by atoms with Gasteiger partial charge in [0, 0.05) is 38.8 Å². The van der Waals surface area contributed by atoms with Gasteiger partial charge in [0.1, 0.15) is 4.70 Å². The number of halogens is 3. The van der Waals surface area contributed by atoms with E-state index in [0.29, 0.717) is 36.3 Å². The Morgan fingerprint density at radius 1 is 1.25 bits per heavy atom. The zero-order chi connectivity index (χ0) is 20.6. The molecule has 2 heterocycles. The Labute approximate surface area is 162 Å². The average Bonchev–Trinajstić information content (AvgIpc) is 2.60. The lowest BCUT2D eigenvalue weighted by atomic mass is 10.1. The predicted octanol–water partition coefficient (Wildman–Crippen LogP) is 3.36. The molecule has 3 rings (SSSR count). The fourth-order valence-electron chi connectivity index (χ4n) is 3.21. The molecule has 28 heavy (non-hydrogen) atoms. The highest BCUT2D eigenvalue weighted by Crippen LogP contribution is 2.38. The fourth-order valence-corrected chi connectivity index (χ4v) is 4.33. The number of nitrogens with zero attached hydrogens (tertiary/aromatic N) is 4. The second-order valence-corrected chi connectivity index (χ2v) is 8.09. The molecule has 1 saturated heterocycles. The van der Waals surface area contributed by atoms with E-state index in [1.54, 1.807) is 0 Å². The lowest BCUT2D eigenvalue weighted by Crippen LogP contribution is -2.47. The van der Waals surface area contributed by atoms with E-state index in [-0.39, 0.29) is 10.1 Å². The standard InChI is InChI=1S/C17H19F3N4O3S/c1-10(2)9-22-3-5-23(6-4-22)16-21-15(25)12-7-11(17(18,19)20)8-13(24(26)27)14(12)28-16/h7-8,10H,3-6,9H2,1-2H3. The Hall–Kier alpha value is -2.27. The van der Waals surface area contributed by atoms with E-state index in [1.165, 1.54) is 0 Å². The molecular weight excluding hydrogens is 397 g/mol. The Bertz CT molecular complexity index is 953. The highest BCUT2D eigenvalue weighted by Gasteiger charge is 2.34. The monoisotopic (exact) mass is 416 g/mol. The minimum atomic E-state index is -4.79. The van der Waals surface area contributed by atoms with Crippen molar-refractivity contribution in [3.8, 4) is 0 Å². The van der Waals surface area contributed by atoms with Crippen molar-refractivity contribution in [2.45, 2.75) is 20.0 Å².